The van der Waals surface area contributed by atoms with Gasteiger partial charge in [-0.05, 0) is 71.8 Å². The van der Waals surface area contributed by atoms with Gasteiger partial charge in [-0.15, -0.1) is 0 Å². The highest BCUT2D eigenvalue weighted by atomic mass is 15.2. The molecule has 6 nitrogen and oxygen atoms in total. The van der Waals surface area contributed by atoms with Crippen molar-refractivity contribution in [1.29, 1.82) is 0 Å². The van der Waals surface area contributed by atoms with E-state index in [1.807, 2.05) is 79.0 Å². The van der Waals surface area contributed by atoms with E-state index in [0.717, 1.165) is 72.0 Å². The van der Waals surface area contributed by atoms with Crippen molar-refractivity contribution in [3.05, 3.63) is 194 Å². The molecule has 262 valence electrons. The van der Waals surface area contributed by atoms with Crippen molar-refractivity contribution in [2.24, 2.45) is 0 Å². The lowest BCUT2D eigenvalue weighted by atomic mass is 9.99. The van der Waals surface area contributed by atoms with Crippen molar-refractivity contribution in [3.63, 3.8) is 0 Å². The first kappa shape index (κ1) is 31.8. The van der Waals surface area contributed by atoms with Crippen LogP contribution in [0, 0.1) is 0 Å². The number of hydrogen-bond donors (Lipinski definition) is 0. The molecule has 0 spiro atoms. The third-order valence-electron chi connectivity index (χ3n) is 10.6. The molecule has 11 aromatic rings. The Morgan fingerprint density at radius 2 is 0.893 bits per heavy atom. The lowest BCUT2D eigenvalue weighted by molar-refractivity contribution is 0.953. The molecule has 6 heteroatoms. The molecule has 0 saturated heterocycles. The Balaban J connectivity index is 1.23. The van der Waals surface area contributed by atoms with Crippen LogP contribution < -0.4 is 0 Å². The topological polar surface area (TPSA) is 61.4 Å². The van der Waals surface area contributed by atoms with Crippen molar-refractivity contribution < 1.29 is 0 Å². The second-order valence-electron chi connectivity index (χ2n) is 14.0. The zero-order valence-corrected chi connectivity index (χ0v) is 30.2. The molecule has 0 aliphatic carbocycles. The molecule has 7 aromatic carbocycles. The smallest absolute Gasteiger partial charge is 0.238 e. The van der Waals surface area contributed by atoms with Crippen LogP contribution in [0.5, 0.6) is 0 Å². The van der Waals surface area contributed by atoms with Crippen molar-refractivity contribution >= 4 is 43.6 Å². The molecule has 0 aliphatic rings. The Morgan fingerprint density at radius 1 is 0.321 bits per heavy atom. The van der Waals surface area contributed by atoms with Crippen LogP contribution in [0.3, 0.4) is 0 Å². The van der Waals surface area contributed by atoms with Gasteiger partial charge in [0.05, 0.1) is 27.8 Å². The molecule has 4 heterocycles. The Morgan fingerprint density at radius 3 is 1.62 bits per heavy atom. The summed E-state index contributed by atoms with van der Waals surface area (Å²) < 4.78 is 4.57. The number of aromatic nitrogens is 6. The minimum absolute atomic E-state index is 0.560. The van der Waals surface area contributed by atoms with Gasteiger partial charge in [-0.2, -0.15) is 9.97 Å². The number of fused-ring (bicyclic) bond motifs is 6. The molecule has 0 amide bonds. The average Bonchev–Trinajstić information content (AvgIpc) is 3.78. The van der Waals surface area contributed by atoms with Crippen LogP contribution in [0.25, 0.3) is 100 Å². The number of benzene rings is 7. The van der Waals surface area contributed by atoms with Gasteiger partial charge in [0.25, 0.3) is 0 Å². The highest BCUT2D eigenvalue weighted by Gasteiger charge is 2.22. The van der Waals surface area contributed by atoms with E-state index in [4.69, 9.17) is 15.0 Å². The first-order valence-corrected chi connectivity index (χ1v) is 18.7. The van der Waals surface area contributed by atoms with E-state index < -0.39 is 0 Å². The van der Waals surface area contributed by atoms with Gasteiger partial charge in [-0.25, -0.2) is 4.98 Å². The predicted octanol–water partition coefficient (Wildman–Crippen LogP) is 12.1. The molecule has 0 radical (unpaired) electrons. The highest BCUT2D eigenvalue weighted by molar-refractivity contribution is 6.19. The maximum absolute atomic E-state index is 5.23. The predicted molar refractivity (Wildman–Crippen MR) is 228 cm³/mol. The molecule has 0 aliphatic heterocycles. The number of pyridine rings is 1. The molecule has 56 heavy (non-hydrogen) atoms. The molecule has 0 saturated carbocycles. The molecule has 0 unspecified atom stereocenters. The van der Waals surface area contributed by atoms with E-state index in [9.17, 15) is 0 Å². The fraction of sp³-hybridized carbons (Fsp3) is 0. The van der Waals surface area contributed by atoms with Crippen molar-refractivity contribution in [1.82, 2.24) is 29.1 Å². The van der Waals surface area contributed by atoms with Crippen LogP contribution in [0.1, 0.15) is 0 Å². The molecule has 11 rings (SSSR count). The summed E-state index contributed by atoms with van der Waals surface area (Å²) in [5.74, 6) is 1.79. The second-order valence-corrected chi connectivity index (χ2v) is 14.0. The van der Waals surface area contributed by atoms with E-state index in [2.05, 4.69) is 129 Å². The monoisotopic (exact) mass is 716 g/mol. The molecule has 0 fully saturated rings. The summed E-state index contributed by atoms with van der Waals surface area (Å²) >= 11 is 0. The van der Waals surface area contributed by atoms with Crippen LogP contribution in [-0.2, 0) is 0 Å². The summed E-state index contributed by atoms with van der Waals surface area (Å²) in [4.78, 5) is 20.1. The number of rotatable bonds is 6. The highest BCUT2D eigenvalue weighted by Crippen LogP contribution is 2.41. The summed E-state index contributed by atoms with van der Waals surface area (Å²) in [5.41, 5.74) is 11.5. The summed E-state index contributed by atoms with van der Waals surface area (Å²) in [6.45, 7) is 0. The lowest BCUT2D eigenvalue weighted by Crippen LogP contribution is -2.06. The summed E-state index contributed by atoms with van der Waals surface area (Å²) in [6.07, 6.45) is 1.84. The average molecular weight is 717 g/mol. The van der Waals surface area contributed by atoms with Gasteiger partial charge in [-0.1, -0.05) is 127 Å². The van der Waals surface area contributed by atoms with E-state index in [1.54, 1.807) is 0 Å². The molecular weight excluding hydrogens is 685 g/mol. The molecule has 0 bridgehead atoms. The van der Waals surface area contributed by atoms with Gasteiger partial charge < -0.3 is 4.57 Å². The zero-order chi connectivity index (χ0) is 37.0. The first-order valence-electron chi connectivity index (χ1n) is 18.7. The number of nitrogens with zero attached hydrogens (tertiary/aromatic N) is 6. The SMILES string of the molecule is c1ccc(-c2nc(-c3ccccc3)nc(-n3c4ccc(-c5cccc(-c6ccccn6)c5)cc4c4cc5c6ccccc6n(-c6ccccc6)c5cc43)n2)cc1. The van der Waals surface area contributed by atoms with Crippen LogP contribution in [-0.4, -0.2) is 29.1 Å². The zero-order valence-electron chi connectivity index (χ0n) is 30.2. The Kier molecular flexibility index (Phi) is 7.38. The quantitative estimate of drug-likeness (QED) is 0.172. The molecule has 4 aromatic heterocycles. The fourth-order valence-electron chi connectivity index (χ4n) is 8.02. The summed E-state index contributed by atoms with van der Waals surface area (Å²) in [6, 6.07) is 65.6. The van der Waals surface area contributed by atoms with Crippen LogP contribution in [0.2, 0.25) is 0 Å². The van der Waals surface area contributed by atoms with Crippen molar-refractivity contribution in [2.75, 3.05) is 0 Å². The number of para-hydroxylation sites is 2. The normalized spacial score (nSPS) is 11.6. The fourth-order valence-corrected chi connectivity index (χ4v) is 8.02. The maximum atomic E-state index is 5.23. The standard InChI is InChI=1S/C50H32N6/c1-4-15-33(16-5-1)48-52-49(34-17-6-2-7-18-34)54-50(53-48)56-45-27-26-36(35-19-14-20-37(29-35)43-24-12-13-28-51-43)30-40(45)42-31-41-39-23-10-11-25-44(39)55(46(41)32-47(42)56)38-21-8-3-9-22-38/h1-32H. The van der Waals surface area contributed by atoms with E-state index in [0.29, 0.717) is 17.6 Å². The third kappa shape index (κ3) is 5.27. The van der Waals surface area contributed by atoms with Gasteiger partial charge >= 0.3 is 0 Å². The Labute approximate surface area is 322 Å². The Bertz CT molecular complexity index is 3170. The first-order chi connectivity index (χ1) is 27.8. The molecular formula is C50H32N6. The van der Waals surface area contributed by atoms with Gasteiger partial charge in [0.15, 0.2) is 11.6 Å². The van der Waals surface area contributed by atoms with Crippen LogP contribution in [0.4, 0.5) is 0 Å². The van der Waals surface area contributed by atoms with Crippen LogP contribution >= 0.6 is 0 Å². The third-order valence-corrected chi connectivity index (χ3v) is 10.6. The Hall–Kier alpha value is -7.70. The van der Waals surface area contributed by atoms with Crippen molar-refractivity contribution in [2.45, 2.75) is 0 Å². The minimum Gasteiger partial charge on any atom is -0.309 e. The second kappa shape index (κ2) is 13.0. The lowest BCUT2D eigenvalue weighted by Gasteiger charge is -2.12. The van der Waals surface area contributed by atoms with Crippen molar-refractivity contribution in [3.8, 4) is 56.8 Å². The summed E-state index contributed by atoms with van der Waals surface area (Å²) in [5, 5.41) is 4.62. The van der Waals surface area contributed by atoms with E-state index in [-0.39, 0.29) is 0 Å². The van der Waals surface area contributed by atoms with Gasteiger partial charge in [0, 0.05) is 50.1 Å². The van der Waals surface area contributed by atoms with E-state index in [1.165, 1.54) is 10.8 Å². The van der Waals surface area contributed by atoms with E-state index >= 15 is 0 Å². The molecule has 0 atom stereocenters. The van der Waals surface area contributed by atoms with Gasteiger partial charge in [0.2, 0.25) is 5.95 Å². The maximum Gasteiger partial charge on any atom is 0.238 e. The largest absolute Gasteiger partial charge is 0.309 e. The number of hydrogen-bond acceptors (Lipinski definition) is 4. The molecule has 0 N–H and O–H groups in total. The minimum atomic E-state index is 0.560. The van der Waals surface area contributed by atoms with Crippen LogP contribution in [0.15, 0.2) is 194 Å². The summed E-state index contributed by atoms with van der Waals surface area (Å²) in [7, 11) is 0. The van der Waals surface area contributed by atoms with Gasteiger partial charge in [-0.3, -0.25) is 9.55 Å². The van der Waals surface area contributed by atoms with Gasteiger partial charge in [0.1, 0.15) is 0 Å².